The predicted molar refractivity (Wildman–Crippen MR) is 127 cm³/mol. The molecule has 0 unspecified atom stereocenters. The number of nitrogens with one attached hydrogen (secondary N) is 3. The van der Waals surface area contributed by atoms with Crippen molar-refractivity contribution < 1.29 is 14.3 Å². The molecule has 0 aliphatic heterocycles. The first-order chi connectivity index (χ1) is 14.2. The fourth-order valence-corrected chi connectivity index (χ4v) is 3.14. The van der Waals surface area contributed by atoms with Crippen LogP contribution in [0.5, 0.6) is 5.75 Å². The lowest BCUT2D eigenvalue weighted by Crippen LogP contribution is -2.34. The Balaban J connectivity index is 1.99. The second kappa shape index (κ2) is 11.1. The molecule has 0 bridgehead atoms. The summed E-state index contributed by atoms with van der Waals surface area (Å²) in [6.07, 6.45) is 0. The molecule has 0 atom stereocenters. The van der Waals surface area contributed by atoms with E-state index in [9.17, 15) is 9.59 Å². The topological polar surface area (TPSA) is 79.5 Å². The molecule has 2 rings (SSSR count). The third kappa shape index (κ3) is 7.42. The van der Waals surface area contributed by atoms with Crippen molar-refractivity contribution in [2.75, 3.05) is 11.9 Å². The maximum atomic E-state index is 12.5. The molecule has 2 amide bonds. The van der Waals surface area contributed by atoms with Gasteiger partial charge in [0.15, 0.2) is 5.11 Å². The molecule has 0 aromatic heterocycles. The number of carbonyl (C=O) groups is 2. The largest absolute Gasteiger partial charge is 0.492 e. The van der Waals surface area contributed by atoms with Gasteiger partial charge in [0.1, 0.15) is 5.75 Å². The Morgan fingerprint density at radius 2 is 1.73 bits per heavy atom. The second-order valence-corrected chi connectivity index (χ2v) is 8.73. The van der Waals surface area contributed by atoms with Gasteiger partial charge in [0.2, 0.25) is 0 Å². The van der Waals surface area contributed by atoms with Gasteiger partial charge in [0, 0.05) is 22.9 Å². The number of amides is 2. The Kier molecular flexibility index (Phi) is 8.80. The van der Waals surface area contributed by atoms with Crippen LogP contribution in [0.4, 0.5) is 5.69 Å². The highest BCUT2D eigenvalue weighted by atomic mass is 79.9. The highest BCUT2D eigenvalue weighted by Crippen LogP contribution is 2.26. The number of rotatable bonds is 7. The fourth-order valence-electron chi connectivity index (χ4n) is 2.44. The summed E-state index contributed by atoms with van der Waals surface area (Å²) in [5.74, 6) is 0.557. The van der Waals surface area contributed by atoms with E-state index in [0.29, 0.717) is 39.6 Å². The van der Waals surface area contributed by atoms with Crippen LogP contribution in [0.3, 0.4) is 0 Å². The third-order valence-electron chi connectivity index (χ3n) is 3.80. The van der Waals surface area contributed by atoms with Crippen LogP contribution in [-0.4, -0.2) is 29.6 Å². The van der Waals surface area contributed by atoms with Crippen molar-refractivity contribution in [2.45, 2.75) is 33.7 Å². The maximum Gasteiger partial charge on any atom is 0.257 e. The van der Waals surface area contributed by atoms with Crippen LogP contribution in [0.1, 0.15) is 48.4 Å². The number of benzene rings is 2. The summed E-state index contributed by atoms with van der Waals surface area (Å²) in [4.78, 5) is 24.6. The number of hydrogen-bond donors (Lipinski definition) is 3. The summed E-state index contributed by atoms with van der Waals surface area (Å²) in [5, 5.41) is 8.55. The van der Waals surface area contributed by atoms with Crippen molar-refractivity contribution in [3.63, 3.8) is 0 Å². The van der Waals surface area contributed by atoms with Gasteiger partial charge in [-0.2, -0.15) is 0 Å². The van der Waals surface area contributed by atoms with Crippen LogP contribution in [0.25, 0.3) is 0 Å². The minimum atomic E-state index is -0.350. The standard InChI is InChI=1S/C22H26BrN3O3S/c1-13(2)12-29-19-9-8-16(11-18(19)23)21(28)26-22(30)25-17-7-5-6-15(10-17)20(27)24-14(3)4/h5-11,13-14H,12H2,1-4H3,(H,24,27)(H2,25,26,28,30). The third-order valence-corrected chi connectivity index (χ3v) is 4.62. The average molecular weight is 492 g/mol. The number of anilines is 1. The van der Waals surface area contributed by atoms with Crippen molar-refractivity contribution in [2.24, 2.45) is 5.92 Å². The van der Waals surface area contributed by atoms with Crippen molar-refractivity contribution in [1.29, 1.82) is 0 Å². The van der Waals surface area contributed by atoms with E-state index in [4.69, 9.17) is 17.0 Å². The van der Waals surface area contributed by atoms with Gasteiger partial charge in [-0.1, -0.05) is 19.9 Å². The van der Waals surface area contributed by atoms with Crippen LogP contribution < -0.4 is 20.7 Å². The smallest absolute Gasteiger partial charge is 0.257 e. The number of halogens is 1. The summed E-state index contributed by atoms with van der Waals surface area (Å²) in [6.45, 7) is 8.51. The highest BCUT2D eigenvalue weighted by molar-refractivity contribution is 9.10. The summed E-state index contributed by atoms with van der Waals surface area (Å²) in [6, 6.07) is 12.0. The zero-order chi connectivity index (χ0) is 22.3. The molecular formula is C22H26BrN3O3S. The Bertz CT molecular complexity index is 932. The minimum absolute atomic E-state index is 0.0379. The quantitative estimate of drug-likeness (QED) is 0.487. The molecule has 3 N–H and O–H groups in total. The number of hydrogen-bond acceptors (Lipinski definition) is 4. The molecule has 0 fully saturated rings. The molecule has 0 saturated carbocycles. The summed E-state index contributed by atoms with van der Waals surface area (Å²) < 4.78 is 6.39. The molecule has 0 aliphatic carbocycles. The first-order valence-electron chi connectivity index (χ1n) is 9.61. The van der Waals surface area contributed by atoms with Gasteiger partial charge in [-0.3, -0.25) is 14.9 Å². The molecule has 2 aromatic rings. The Morgan fingerprint density at radius 3 is 2.37 bits per heavy atom. The van der Waals surface area contributed by atoms with E-state index >= 15 is 0 Å². The Hall–Kier alpha value is -2.45. The van der Waals surface area contributed by atoms with Gasteiger partial charge in [0.25, 0.3) is 11.8 Å². The predicted octanol–water partition coefficient (Wildman–Crippen LogP) is 4.75. The zero-order valence-corrected chi connectivity index (χ0v) is 19.8. The molecule has 0 aliphatic rings. The normalized spacial score (nSPS) is 10.6. The van der Waals surface area contributed by atoms with Crippen molar-refractivity contribution >= 4 is 50.8 Å². The van der Waals surface area contributed by atoms with E-state index in [1.807, 2.05) is 13.8 Å². The van der Waals surface area contributed by atoms with E-state index < -0.39 is 0 Å². The molecule has 0 saturated heterocycles. The molecule has 0 spiro atoms. The van der Waals surface area contributed by atoms with Gasteiger partial charge in [0.05, 0.1) is 11.1 Å². The van der Waals surface area contributed by atoms with E-state index in [1.54, 1.807) is 42.5 Å². The van der Waals surface area contributed by atoms with Crippen molar-refractivity contribution in [1.82, 2.24) is 10.6 Å². The summed E-state index contributed by atoms with van der Waals surface area (Å²) in [5.41, 5.74) is 1.55. The van der Waals surface area contributed by atoms with E-state index in [2.05, 4.69) is 45.7 Å². The second-order valence-electron chi connectivity index (χ2n) is 7.47. The molecule has 0 heterocycles. The molecule has 160 valence electrons. The molecule has 8 heteroatoms. The van der Waals surface area contributed by atoms with Crippen molar-refractivity contribution in [3.8, 4) is 5.75 Å². The lowest BCUT2D eigenvalue weighted by molar-refractivity contribution is 0.0941. The zero-order valence-electron chi connectivity index (χ0n) is 17.4. The molecular weight excluding hydrogens is 466 g/mol. The maximum absolute atomic E-state index is 12.5. The SMILES string of the molecule is CC(C)COc1ccc(C(=O)NC(=S)Nc2cccc(C(=O)NC(C)C)c2)cc1Br. The van der Waals surface area contributed by atoms with Gasteiger partial charge in [-0.05, 0) is 84.3 Å². The Labute approximate surface area is 190 Å². The van der Waals surface area contributed by atoms with Gasteiger partial charge in [-0.15, -0.1) is 0 Å². The first kappa shape index (κ1) is 23.8. The summed E-state index contributed by atoms with van der Waals surface area (Å²) >= 11 is 8.67. The van der Waals surface area contributed by atoms with E-state index in [1.165, 1.54) is 0 Å². The van der Waals surface area contributed by atoms with Gasteiger partial charge < -0.3 is 15.4 Å². The van der Waals surface area contributed by atoms with Crippen LogP contribution in [-0.2, 0) is 0 Å². The average Bonchev–Trinajstić information content (AvgIpc) is 2.66. The van der Waals surface area contributed by atoms with E-state index in [-0.39, 0.29) is 23.0 Å². The van der Waals surface area contributed by atoms with E-state index in [0.717, 1.165) is 0 Å². The summed E-state index contributed by atoms with van der Waals surface area (Å²) in [7, 11) is 0. The van der Waals surface area contributed by atoms with Gasteiger partial charge >= 0.3 is 0 Å². The minimum Gasteiger partial charge on any atom is -0.492 e. The lowest BCUT2D eigenvalue weighted by atomic mass is 10.2. The van der Waals surface area contributed by atoms with Crippen LogP contribution in [0.15, 0.2) is 46.9 Å². The molecule has 0 radical (unpaired) electrons. The Morgan fingerprint density at radius 1 is 1.03 bits per heavy atom. The lowest BCUT2D eigenvalue weighted by Gasteiger charge is -2.13. The number of ether oxygens (including phenoxy) is 1. The van der Waals surface area contributed by atoms with Crippen LogP contribution in [0.2, 0.25) is 0 Å². The monoisotopic (exact) mass is 491 g/mol. The molecule has 2 aromatic carbocycles. The number of carbonyl (C=O) groups excluding carboxylic acids is 2. The van der Waals surface area contributed by atoms with Crippen LogP contribution in [0, 0.1) is 5.92 Å². The van der Waals surface area contributed by atoms with Gasteiger partial charge in [-0.25, -0.2) is 0 Å². The van der Waals surface area contributed by atoms with Crippen LogP contribution >= 0.6 is 28.1 Å². The first-order valence-corrected chi connectivity index (χ1v) is 10.8. The highest BCUT2D eigenvalue weighted by Gasteiger charge is 2.12. The fraction of sp³-hybridized carbons (Fsp3) is 0.318. The number of thiocarbonyl (C=S) groups is 1. The molecule has 6 nitrogen and oxygen atoms in total. The van der Waals surface area contributed by atoms with Crippen molar-refractivity contribution in [3.05, 3.63) is 58.1 Å². The molecule has 30 heavy (non-hydrogen) atoms.